The molecule has 3 aromatic rings. The number of hydrogen-bond donors (Lipinski definition) is 0. The number of fused-ring (bicyclic) bond motifs is 3. The van der Waals surface area contributed by atoms with E-state index in [1.165, 1.54) is 86.3 Å². The molecule has 0 spiro atoms. The van der Waals surface area contributed by atoms with Gasteiger partial charge < -0.3 is 0 Å². The van der Waals surface area contributed by atoms with Gasteiger partial charge in [0.1, 0.15) is 0 Å². The minimum absolute atomic E-state index is 0.471. The van der Waals surface area contributed by atoms with Gasteiger partial charge in [-0.25, -0.2) is 0 Å². The third-order valence-electron chi connectivity index (χ3n) is 12.2. The summed E-state index contributed by atoms with van der Waals surface area (Å²) in [6.07, 6.45) is 35.0. The van der Waals surface area contributed by atoms with E-state index in [9.17, 15) is 0 Å². The summed E-state index contributed by atoms with van der Waals surface area (Å²) in [6, 6.07) is 36.9. The molecular weight excluding hydrogens is 693 g/mol. The van der Waals surface area contributed by atoms with Crippen LogP contribution < -0.4 is 0 Å². The van der Waals surface area contributed by atoms with Crippen LogP contribution >= 0.6 is 11.8 Å². The Kier molecular flexibility index (Phi) is 12.0. The third-order valence-corrected chi connectivity index (χ3v) is 13.6. The first-order valence-corrected chi connectivity index (χ1v) is 21.6. The Morgan fingerprint density at radius 1 is 0.768 bits per heavy atom. The van der Waals surface area contributed by atoms with Crippen molar-refractivity contribution in [3.05, 3.63) is 233 Å². The van der Waals surface area contributed by atoms with E-state index < -0.39 is 0 Å². The molecule has 0 fully saturated rings. The fourth-order valence-corrected chi connectivity index (χ4v) is 10.6. The first-order valence-electron chi connectivity index (χ1n) is 20.7. The van der Waals surface area contributed by atoms with Crippen molar-refractivity contribution in [1.82, 2.24) is 0 Å². The SMILES string of the molecule is C=C/C=C\C1=C2CC3=C(SC4C=C(C5C=CC(C)CC5)C=CC34)c3cccc(c32)C(c2ccccccccc2)=CC1.C[C@H](C1=CCCC=C1)c1ccccc1. The zero-order valence-corrected chi connectivity index (χ0v) is 33.8. The van der Waals surface area contributed by atoms with Gasteiger partial charge in [0.25, 0.3) is 0 Å². The van der Waals surface area contributed by atoms with E-state index >= 15 is 0 Å². The molecule has 0 nitrogen and oxygen atoms in total. The van der Waals surface area contributed by atoms with E-state index in [1.54, 1.807) is 5.57 Å². The van der Waals surface area contributed by atoms with E-state index in [2.05, 4.69) is 202 Å². The van der Waals surface area contributed by atoms with Crippen LogP contribution in [0.3, 0.4) is 0 Å². The highest BCUT2D eigenvalue weighted by molar-refractivity contribution is 8.09. The molecule has 6 aliphatic rings. The molecule has 0 N–H and O–H groups in total. The van der Waals surface area contributed by atoms with E-state index in [0.717, 1.165) is 12.8 Å². The molecule has 0 radical (unpaired) electrons. The van der Waals surface area contributed by atoms with Gasteiger partial charge in [0, 0.05) is 27.9 Å². The van der Waals surface area contributed by atoms with Crippen molar-refractivity contribution in [1.29, 1.82) is 0 Å². The molecule has 0 saturated carbocycles. The normalized spacial score (nSPS) is 23.6. The summed E-state index contributed by atoms with van der Waals surface area (Å²) >= 11 is 2.10. The number of thioether (sulfide) groups is 1. The number of benzene rings is 2. The average Bonchev–Trinajstić information content (AvgIpc) is 3.54. The first kappa shape index (κ1) is 37.8. The number of allylic oxidation sites excluding steroid dienone is 16. The highest BCUT2D eigenvalue weighted by Gasteiger charge is 2.40. The maximum absolute atomic E-state index is 3.98. The lowest BCUT2D eigenvalue weighted by atomic mass is 9.75. The molecule has 0 aromatic heterocycles. The third kappa shape index (κ3) is 8.21. The fourth-order valence-electron chi connectivity index (χ4n) is 9.06. The topological polar surface area (TPSA) is 0 Å². The zero-order valence-electron chi connectivity index (χ0n) is 33.0. The molecule has 4 unspecified atom stereocenters. The van der Waals surface area contributed by atoms with Crippen molar-refractivity contribution in [2.75, 3.05) is 0 Å². The van der Waals surface area contributed by atoms with Crippen molar-refractivity contribution in [2.45, 2.75) is 63.5 Å². The monoisotopic (exact) mass is 746 g/mol. The number of hydrogen-bond acceptors (Lipinski definition) is 1. The molecule has 5 aliphatic carbocycles. The summed E-state index contributed by atoms with van der Waals surface area (Å²) in [5, 5.41) is 0.484. The van der Waals surface area contributed by atoms with Gasteiger partial charge in [-0.1, -0.05) is 196 Å². The lowest BCUT2D eigenvalue weighted by molar-refractivity contribution is 0.518. The van der Waals surface area contributed by atoms with E-state index in [1.807, 2.05) is 6.08 Å². The van der Waals surface area contributed by atoms with Crippen LogP contribution in [0.4, 0.5) is 0 Å². The van der Waals surface area contributed by atoms with Gasteiger partial charge in [-0.15, -0.1) is 11.8 Å². The molecule has 0 saturated heterocycles. The van der Waals surface area contributed by atoms with E-state index in [-0.39, 0.29) is 0 Å². The molecule has 3 aromatic carbocycles. The van der Waals surface area contributed by atoms with Gasteiger partial charge in [-0.05, 0) is 106 Å². The van der Waals surface area contributed by atoms with Crippen LogP contribution in [0.2, 0.25) is 0 Å². The van der Waals surface area contributed by atoms with Crippen LogP contribution in [-0.4, -0.2) is 5.25 Å². The molecule has 1 heterocycles. The minimum Gasteiger partial charge on any atom is -0.117 e. The van der Waals surface area contributed by atoms with Crippen LogP contribution in [0.5, 0.6) is 0 Å². The maximum Gasteiger partial charge on any atom is 0.0381 e. The van der Waals surface area contributed by atoms with Crippen molar-refractivity contribution in [3.63, 3.8) is 0 Å². The second-order valence-electron chi connectivity index (χ2n) is 15.8. The molecule has 280 valence electrons. The maximum atomic E-state index is 3.98. The molecule has 1 aliphatic heterocycles. The molecular formula is C55H54S. The molecule has 5 atom stereocenters. The Labute approximate surface area is 340 Å². The molecule has 1 heteroatoms. The van der Waals surface area contributed by atoms with E-state index in [0.29, 0.717) is 28.9 Å². The fraction of sp³-hybridized carbons (Fsp3) is 0.236. The van der Waals surface area contributed by atoms with Crippen molar-refractivity contribution < 1.29 is 0 Å². The van der Waals surface area contributed by atoms with Crippen LogP contribution in [-0.2, 0) is 0 Å². The summed E-state index contributed by atoms with van der Waals surface area (Å²) < 4.78 is 0. The van der Waals surface area contributed by atoms with Crippen LogP contribution in [0.25, 0.3) is 16.1 Å². The van der Waals surface area contributed by atoms with Gasteiger partial charge in [-0.3, -0.25) is 0 Å². The summed E-state index contributed by atoms with van der Waals surface area (Å²) in [7, 11) is 0. The molecule has 56 heavy (non-hydrogen) atoms. The second kappa shape index (κ2) is 17.8. The van der Waals surface area contributed by atoms with Gasteiger partial charge in [0.15, 0.2) is 0 Å². The highest BCUT2D eigenvalue weighted by atomic mass is 32.2. The average molecular weight is 747 g/mol. The standard InChI is InChI=1S/C41H38S.C14H16/c1-3-4-13-31-22-24-33(30-14-10-8-6-5-7-9-11-15-30)35-16-12-17-36-40(35)37(31)27-38-34-25-23-32(26-39(34)42-41(36)38)29-20-18-28(2)19-21-29;1-12(13-8-4-2-5-9-13)14-10-6-3-7-11-14/h3-18,20,23-26,28-29,34,39H,1,19,21-22,27H2,2H3;2,4-6,8-12H,3,7H2,1H3/b6-5?,7-5?,8-6?,9-7?,10-8?,11-9?,13-4-,14-10?,15-11?,30-14?,30-15?;/t;12-/m.0/s1. The largest absolute Gasteiger partial charge is 0.117 e. The van der Waals surface area contributed by atoms with Gasteiger partial charge in [0.2, 0.25) is 0 Å². The summed E-state index contributed by atoms with van der Waals surface area (Å²) in [6.45, 7) is 8.59. The Morgan fingerprint density at radius 2 is 1.52 bits per heavy atom. The first-order chi connectivity index (χ1) is 27.6. The lowest BCUT2D eigenvalue weighted by Crippen LogP contribution is -2.18. The molecule has 9 rings (SSSR count). The van der Waals surface area contributed by atoms with E-state index in [4.69, 9.17) is 0 Å². The van der Waals surface area contributed by atoms with Crippen molar-refractivity contribution in [2.24, 2.45) is 17.8 Å². The van der Waals surface area contributed by atoms with Crippen LogP contribution in [0.1, 0.15) is 86.1 Å². The smallest absolute Gasteiger partial charge is 0.0381 e. The van der Waals surface area contributed by atoms with Crippen molar-refractivity contribution in [3.8, 4) is 0 Å². The highest BCUT2D eigenvalue weighted by Crippen LogP contribution is 2.59. The van der Waals surface area contributed by atoms with Crippen molar-refractivity contribution >= 4 is 27.8 Å². The molecule has 0 amide bonds. The second-order valence-corrected chi connectivity index (χ2v) is 17.0. The minimum atomic E-state index is 0.471. The van der Waals surface area contributed by atoms with Gasteiger partial charge >= 0.3 is 0 Å². The van der Waals surface area contributed by atoms with Crippen LogP contribution in [0, 0.1) is 17.8 Å². The zero-order chi connectivity index (χ0) is 38.3. The summed E-state index contributed by atoms with van der Waals surface area (Å²) in [5.41, 5.74) is 15.6. The Balaban J connectivity index is 0.000000265. The van der Waals surface area contributed by atoms with Crippen LogP contribution in [0.15, 0.2) is 205 Å². The Hall–Kier alpha value is -5.11. The lowest BCUT2D eigenvalue weighted by Gasteiger charge is -2.28. The Morgan fingerprint density at radius 3 is 2.25 bits per heavy atom. The number of rotatable bonds is 6. The van der Waals surface area contributed by atoms with Gasteiger partial charge in [-0.2, -0.15) is 0 Å². The summed E-state index contributed by atoms with van der Waals surface area (Å²) in [4.78, 5) is 1.51. The quantitative estimate of drug-likeness (QED) is 0.179. The Bertz CT molecular complexity index is 2270. The summed E-state index contributed by atoms with van der Waals surface area (Å²) in [5.74, 6) is 2.28. The predicted molar refractivity (Wildman–Crippen MR) is 244 cm³/mol. The predicted octanol–water partition coefficient (Wildman–Crippen LogP) is 15.2. The molecule has 0 bridgehead atoms. The van der Waals surface area contributed by atoms with Gasteiger partial charge in [0.05, 0.1) is 0 Å².